The molecule has 0 saturated heterocycles. The fraction of sp³-hybridized carbons (Fsp3) is 0.158. The summed E-state index contributed by atoms with van der Waals surface area (Å²) in [7, 11) is 0. The maximum atomic E-state index is 11.1. The van der Waals surface area contributed by atoms with Crippen molar-refractivity contribution in [2.45, 2.75) is 18.9 Å². The van der Waals surface area contributed by atoms with Gasteiger partial charge in [0.25, 0.3) is 0 Å². The van der Waals surface area contributed by atoms with Crippen molar-refractivity contribution in [2.75, 3.05) is 0 Å². The van der Waals surface area contributed by atoms with Crippen molar-refractivity contribution in [2.24, 2.45) is 0 Å². The predicted octanol–water partition coefficient (Wildman–Crippen LogP) is -2.81. The number of hydrogen-bond donors (Lipinski definition) is 0. The van der Waals surface area contributed by atoms with Gasteiger partial charge in [-0.1, -0.05) is 30.3 Å². The van der Waals surface area contributed by atoms with Crippen LogP contribution in [-0.4, -0.2) is 31.9 Å². The van der Waals surface area contributed by atoms with E-state index in [1.165, 1.54) is 16.0 Å². The molecule has 144 valence electrons. The van der Waals surface area contributed by atoms with Crippen molar-refractivity contribution in [3.8, 4) is 0 Å². The minimum atomic E-state index is -1.06. The van der Waals surface area contributed by atoms with E-state index in [1.54, 1.807) is 23.6 Å². The van der Waals surface area contributed by atoms with Crippen LogP contribution in [0.3, 0.4) is 0 Å². The van der Waals surface area contributed by atoms with E-state index in [0.717, 1.165) is 11.3 Å². The number of benzene rings is 1. The number of carboxylic acids is 1. The Balaban J connectivity index is 0.00000182. The summed E-state index contributed by atoms with van der Waals surface area (Å²) >= 11 is 1.64. The summed E-state index contributed by atoms with van der Waals surface area (Å²) in [5, 5.41) is 11.1. The second-order valence-corrected chi connectivity index (χ2v) is 6.93. The Morgan fingerprint density at radius 1 is 1.14 bits per heavy atom. The Labute approximate surface area is 188 Å². The Kier molecular flexibility index (Phi) is 10.6. The molecule has 4 rings (SSSR count). The van der Waals surface area contributed by atoms with E-state index in [0.29, 0.717) is 12.0 Å². The largest absolute Gasteiger partial charge is 1.00 e. The van der Waals surface area contributed by atoms with Gasteiger partial charge < -0.3 is 30.9 Å². The molecular weight excluding hydrogens is 391 g/mol. The number of nitrogens with zero attached hydrogens (tertiary/aromatic N) is 2. The second-order valence-electron chi connectivity index (χ2n) is 5.82. The van der Waals surface area contributed by atoms with Crippen molar-refractivity contribution < 1.29 is 55.9 Å². The van der Waals surface area contributed by atoms with Gasteiger partial charge in [-0.05, 0) is 41.7 Å². The molecule has 0 amide bonds. The summed E-state index contributed by atoms with van der Waals surface area (Å²) in [4.78, 5) is 17.5. The van der Waals surface area contributed by atoms with Crippen LogP contribution < -0.4 is 34.7 Å². The van der Waals surface area contributed by atoms with Crippen LogP contribution in [0.2, 0.25) is 0 Å². The Hall–Kier alpha value is -1.78. The van der Waals surface area contributed by atoms with Gasteiger partial charge in [-0.15, -0.1) is 11.3 Å². The standard InChI is InChI=1S/C19H16N2O2S.Na.3H2O/c22-19(23)15-7-6-14-10-17(24-16(14)11-15)18(21-9-8-20-12-21)13-4-2-1-3-5-13;;;;/h1-5,8-12,18H,6-7H2,(H,22,23);;3*1H2/q;+1;;;/p-1. The Bertz CT molecular complexity index is 910. The molecule has 2 heterocycles. The van der Waals surface area contributed by atoms with Gasteiger partial charge in [0.15, 0.2) is 0 Å². The molecule has 1 aliphatic rings. The van der Waals surface area contributed by atoms with Crippen LogP contribution in [0, 0.1) is 0 Å². The number of thiophene rings is 1. The average molecular weight is 412 g/mol. The number of aryl methyl sites for hydroxylation is 1. The van der Waals surface area contributed by atoms with Gasteiger partial charge in [0.2, 0.25) is 0 Å². The number of imidazole rings is 1. The zero-order chi connectivity index (χ0) is 16.5. The predicted molar refractivity (Wildman–Crippen MR) is 102 cm³/mol. The summed E-state index contributed by atoms with van der Waals surface area (Å²) in [6, 6.07) is 12.5. The molecule has 0 fully saturated rings. The summed E-state index contributed by atoms with van der Waals surface area (Å²) < 4.78 is 2.08. The first-order valence-electron chi connectivity index (χ1n) is 7.79. The quantitative estimate of drug-likeness (QED) is 0.425. The van der Waals surface area contributed by atoms with Crippen LogP contribution >= 0.6 is 11.3 Å². The first-order chi connectivity index (χ1) is 11.7. The van der Waals surface area contributed by atoms with Crippen molar-refractivity contribution in [3.05, 3.63) is 81.6 Å². The van der Waals surface area contributed by atoms with Crippen LogP contribution in [0.25, 0.3) is 6.08 Å². The average Bonchev–Trinajstić information content (AvgIpc) is 3.25. The molecule has 2 aromatic heterocycles. The normalized spacial score (nSPS) is 12.6. The molecule has 1 aromatic carbocycles. The summed E-state index contributed by atoms with van der Waals surface area (Å²) in [6.07, 6.45) is 8.59. The number of rotatable bonds is 4. The Morgan fingerprint density at radius 2 is 1.86 bits per heavy atom. The maximum absolute atomic E-state index is 11.1. The molecule has 0 radical (unpaired) electrons. The third kappa shape index (κ3) is 5.18. The topological polar surface area (TPSA) is 152 Å². The van der Waals surface area contributed by atoms with Gasteiger partial charge in [0, 0.05) is 22.1 Å². The number of carbonyl (C=O) groups is 1. The molecule has 0 saturated carbocycles. The van der Waals surface area contributed by atoms with Gasteiger partial charge in [-0.2, -0.15) is 0 Å². The third-order valence-corrected chi connectivity index (χ3v) is 5.48. The molecule has 9 heteroatoms. The zero-order valence-corrected chi connectivity index (χ0v) is 18.2. The van der Waals surface area contributed by atoms with Gasteiger partial charge >= 0.3 is 29.6 Å². The number of carboxylic acid groups (broad SMARTS) is 1. The summed E-state index contributed by atoms with van der Waals surface area (Å²) in [5.74, 6) is -1.06. The molecule has 0 bridgehead atoms. The minimum absolute atomic E-state index is 0. The fourth-order valence-electron chi connectivity index (χ4n) is 3.12. The summed E-state index contributed by atoms with van der Waals surface area (Å²) in [5.41, 5.74) is 2.77. The fourth-order valence-corrected chi connectivity index (χ4v) is 4.44. The maximum Gasteiger partial charge on any atom is 1.00 e. The molecule has 6 N–H and O–H groups in total. The molecule has 1 aliphatic carbocycles. The van der Waals surface area contributed by atoms with E-state index in [-0.39, 0.29) is 52.0 Å². The van der Waals surface area contributed by atoms with Crippen molar-refractivity contribution in [1.29, 1.82) is 0 Å². The number of aliphatic carboxylic acids is 1. The van der Waals surface area contributed by atoms with Gasteiger partial charge in [0.05, 0.1) is 18.3 Å². The van der Waals surface area contributed by atoms with Crippen LogP contribution in [0.1, 0.15) is 33.3 Å². The van der Waals surface area contributed by atoms with E-state index in [4.69, 9.17) is 0 Å². The van der Waals surface area contributed by atoms with Crippen LogP contribution in [0.4, 0.5) is 0 Å². The van der Waals surface area contributed by atoms with Crippen molar-refractivity contribution in [1.82, 2.24) is 9.55 Å². The van der Waals surface area contributed by atoms with E-state index in [9.17, 15) is 9.90 Å². The molecule has 28 heavy (non-hydrogen) atoms. The smallest absolute Gasteiger partial charge is 0.545 e. The zero-order valence-electron chi connectivity index (χ0n) is 15.4. The SMILES string of the molecule is O.O.O.O=C([O-])C1=Cc2sc(C(c3ccccc3)n3ccnc3)cc2CC1.[Na+]. The monoisotopic (exact) mass is 412 g/mol. The van der Waals surface area contributed by atoms with E-state index >= 15 is 0 Å². The van der Waals surface area contributed by atoms with Gasteiger partial charge in [0.1, 0.15) is 0 Å². The minimum Gasteiger partial charge on any atom is -0.545 e. The molecule has 3 aromatic rings. The van der Waals surface area contributed by atoms with E-state index < -0.39 is 5.97 Å². The van der Waals surface area contributed by atoms with E-state index in [1.807, 2.05) is 30.7 Å². The summed E-state index contributed by atoms with van der Waals surface area (Å²) in [6.45, 7) is 0. The van der Waals surface area contributed by atoms with Crippen molar-refractivity contribution >= 4 is 23.4 Å². The van der Waals surface area contributed by atoms with Gasteiger partial charge in [-0.25, -0.2) is 4.98 Å². The van der Waals surface area contributed by atoms with Crippen LogP contribution in [0.5, 0.6) is 0 Å². The molecule has 1 unspecified atom stereocenters. The molecule has 1 atom stereocenters. The molecule has 7 nitrogen and oxygen atoms in total. The third-order valence-electron chi connectivity index (χ3n) is 4.30. The first kappa shape index (κ1) is 26.2. The van der Waals surface area contributed by atoms with Crippen LogP contribution in [-0.2, 0) is 11.2 Å². The second kappa shape index (κ2) is 11.3. The number of aromatic nitrogens is 2. The Morgan fingerprint density at radius 3 is 2.46 bits per heavy atom. The van der Waals surface area contributed by atoms with Crippen LogP contribution in [0.15, 0.2) is 60.7 Å². The number of hydrogen-bond acceptors (Lipinski definition) is 4. The van der Waals surface area contributed by atoms with Gasteiger partial charge in [-0.3, -0.25) is 0 Å². The molecule has 0 spiro atoms. The molecular formula is C19H21N2NaO5S. The van der Waals surface area contributed by atoms with Crippen molar-refractivity contribution in [3.63, 3.8) is 0 Å². The number of fused-ring (bicyclic) bond motifs is 1. The first-order valence-corrected chi connectivity index (χ1v) is 8.61. The number of carbonyl (C=O) groups excluding carboxylic acids is 1. The van der Waals surface area contributed by atoms with E-state index in [2.05, 4.69) is 27.8 Å². The molecule has 0 aliphatic heterocycles.